The van der Waals surface area contributed by atoms with Gasteiger partial charge in [0.05, 0.1) is 0 Å². The van der Waals surface area contributed by atoms with E-state index >= 15 is 0 Å². The SMILES string of the molecule is CCN(C(=O)c1cc(Br)cn1C(C)C)C1CCCC1. The average Bonchev–Trinajstić information content (AvgIpc) is 2.99. The summed E-state index contributed by atoms with van der Waals surface area (Å²) >= 11 is 3.48. The number of halogens is 1. The van der Waals surface area contributed by atoms with Crippen LogP contribution in [0, 0.1) is 0 Å². The first-order valence-corrected chi connectivity index (χ1v) is 8.02. The first-order valence-electron chi connectivity index (χ1n) is 7.23. The molecule has 1 aliphatic rings. The van der Waals surface area contributed by atoms with Crippen LogP contribution >= 0.6 is 15.9 Å². The number of rotatable bonds is 4. The smallest absolute Gasteiger partial charge is 0.270 e. The predicted octanol–water partition coefficient (Wildman–Crippen LogP) is 4.24. The summed E-state index contributed by atoms with van der Waals surface area (Å²) in [5.41, 5.74) is 0.802. The van der Waals surface area contributed by atoms with Gasteiger partial charge in [-0.2, -0.15) is 0 Å². The van der Waals surface area contributed by atoms with Crippen LogP contribution in [-0.4, -0.2) is 28.0 Å². The summed E-state index contributed by atoms with van der Waals surface area (Å²) in [5, 5.41) is 0. The summed E-state index contributed by atoms with van der Waals surface area (Å²) in [6, 6.07) is 2.68. The molecule has 19 heavy (non-hydrogen) atoms. The Balaban J connectivity index is 2.26. The lowest BCUT2D eigenvalue weighted by molar-refractivity contribution is 0.0681. The van der Waals surface area contributed by atoms with Gasteiger partial charge in [0.25, 0.3) is 5.91 Å². The van der Waals surface area contributed by atoms with Crippen molar-refractivity contribution in [2.75, 3.05) is 6.54 Å². The molecule has 0 saturated heterocycles. The van der Waals surface area contributed by atoms with Crippen molar-refractivity contribution in [3.05, 3.63) is 22.4 Å². The van der Waals surface area contributed by atoms with Crippen LogP contribution in [0.5, 0.6) is 0 Å². The standard InChI is InChI=1S/C15H23BrN2O/c1-4-17(13-7-5-6-8-13)15(19)14-9-12(16)10-18(14)11(2)3/h9-11,13H,4-8H2,1-3H3. The number of hydrogen-bond donors (Lipinski definition) is 0. The van der Waals surface area contributed by atoms with Crippen molar-refractivity contribution in [1.29, 1.82) is 0 Å². The van der Waals surface area contributed by atoms with E-state index < -0.39 is 0 Å². The predicted molar refractivity (Wildman–Crippen MR) is 81.5 cm³/mol. The lowest BCUT2D eigenvalue weighted by Gasteiger charge is -2.28. The third-order valence-electron chi connectivity index (χ3n) is 3.96. The van der Waals surface area contributed by atoms with Crippen molar-refractivity contribution in [2.45, 2.75) is 58.5 Å². The maximum absolute atomic E-state index is 12.8. The molecule has 4 heteroatoms. The van der Waals surface area contributed by atoms with Crippen molar-refractivity contribution in [2.24, 2.45) is 0 Å². The molecule has 0 aliphatic heterocycles. The summed E-state index contributed by atoms with van der Waals surface area (Å²) in [7, 11) is 0. The van der Waals surface area contributed by atoms with E-state index in [1.807, 2.05) is 17.2 Å². The molecule has 0 unspecified atom stereocenters. The molecular weight excluding hydrogens is 304 g/mol. The second kappa shape index (κ2) is 6.12. The van der Waals surface area contributed by atoms with Crippen LogP contribution in [0.3, 0.4) is 0 Å². The van der Waals surface area contributed by atoms with E-state index in [-0.39, 0.29) is 5.91 Å². The van der Waals surface area contributed by atoms with Crippen molar-refractivity contribution in [3.63, 3.8) is 0 Å². The van der Waals surface area contributed by atoms with Gasteiger partial charge in [0.1, 0.15) is 5.69 Å². The molecule has 0 N–H and O–H groups in total. The molecule has 1 heterocycles. The topological polar surface area (TPSA) is 25.2 Å². The van der Waals surface area contributed by atoms with Gasteiger partial charge in [-0.1, -0.05) is 12.8 Å². The number of carbonyl (C=O) groups is 1. The molecule has 1 aliphatic carbocycles. The second-order valence-electron chi connectivity index (χ2n) is 5.57. The zero-order valence-electron chi connectivity index (χ0n) is 12.0. The maximum atomic E-state index is 12.8. The minimum Gasteiger partial charge on any atom is -0.340 e. The van der Waals surface area contributed by atoms with Gasteiger partial charge in [-0.25, -0.2) is 0 Å². The largest absolute Gasteiger partial charge is 0.340 e. The van der Waals surface area contributed by atoms with Crippen LogP contribution in [0.15, 0.2) is 16.7 Å². The Labute approximate surface area is 124 Å². The molecule has 106 valence electrons. The highest BCUT2D eigenvalue weighted by Crippen LogP contribution is 2.27. The van der Waals surface area contributed by atoms with Gasteiger partial charge in [0.15, 0.2) is 0 Å². The molecule has 0 aromatic carbocycles. The van der Waals surface area contributed by atoms with Gasteiger partial charge >= 0.3 is 0 Å². The van der Waals surface area contributed by atoms with Crippen molar-refractivity contribution < 1.29 is 4.79 Å². The lowest BCUT2D eigenvalue weighted by Crippen LogP contribution is -2.39. The number of hydrogen-bond acceptors (Lipinski definition) is 1. The summed E-state index contributed by atoms with van der Waals surface area (Å²) in [4.78, 5) is 14.8. The van der Waals surface area contributed by atoms with Gasteiger partial charge in [0, 0.05) is 29.3 Å². The van der Waals surface area contributed by atoms with Crippen LogP contribution in [0.1, 0.15) is 63.0 Å². The molecular formula is C15H23BrN2O. The van der Waals surface area contributed by atoms with Gasteiger partial charge in [-0.3, -0.25) is 4.79 Å². The Hall–Kier alpha value is -0.770. The van der Waals surface area contributed by atoms with Crippen LogP contribution in [0.25, 0.3) is 0 Å². The van der Waals surface area contributed by atoms with E-state index in [0.717, 1.165) is 29.6 Å². The van der Waals surface area contributed by atoms with E-state index in [1.54, 1.807) is 0 Å². The van der Waals surface area contributed by atoms with Gasteiger partial charge in [-0.15, -0.1) is 0 Å². The summed E-state index contributed by atoms with van der Waals surface area (Å²) < 4.78 is 3.04. The first-order chi connectivity index (χ1) is 9.04. The van der Waals surface area contributed by atoms with E-state index in [2.05, 4.69) is 41.3 Å². The first kappa shape index (κ1) is 14.6. The second-order valence-corrected chi connectivity index (χ2v) is 6.49. The number of nitrogens with zero attached hydrogens (tertiary/aromatic N) is 2. The Morgan fingerprint density at radius 1 is 1.47 bits per heavy atom. The summed E-state index contributed by atoms with van der Waals surface area (Å²) in [6.45, 7) is 7.09. The van der Waals surface area contributed by atoms with Crippen molar-refractivity contribution >= 4 is 21.8 Å². The Bertz CT molecular complexity index is 447. The highest BCUT2D eigenvalue weighted by atomic mass is 79.9. The molecule has 1 amide bonds. The Morgan fingerprint density at radius 3 is 2.63 bits per heavy atom. The van der Waals surface area contributed by atoms with E-state index in [9.17, 15) is 4.79 Å². The molecule has 1 fully saturated rings. The zero-order chi connectivity index (χ0) is 14.0. The molecule has 0 spiro atoms. The van der Waals surface area contributed by atoms with Crippen molar-refractivity contribution in [3.8, 4) is 0 Å². The van der Waals surface area contributed by atoms with Crippen molar-refractivity contribution in [1.82, 2.24) is 9.47 Å². The molecule has 0 bridgehead atoms. The number of carbonyl (C=O) groups excluding carboxylic acids is 1. The molecule has 0 radical (unpaired) electrons. The van der Waals surface area contributed by atoms with Gasteiger partial charge < -0.3 is 9.47 Å². The molecule has 1 saturated carbocycles. The van der Waals surface area contributed by atoms with Crippen LogP contribution in [0.2, 0.25) is 0 Å². The fourth-order valence-electron chi connectivity index (χ4n) is 2.97. The van der Waals surface area contributed by atoms with E-state index in [0.29, 0.717) is 12.1 Å². The zero-order valence-corrected chi connectivity index (χ0v) is 13.6. The average molecular weight is 327 g/mol. The molecule has 1 aromatic heterocycles. The monoisotopic (exact) mass is 326 g/mol. The van der Waals surface area contributed by atoms with Crippen LogP contribution in [0.4, 0.5) is 0 Å². The fraction of sp³-hybridized carbons (Fsp3) is 0.667. The number of amides is 1. The normalized spacial score (nSPS) is 16.3. The van der Waals surface area contributed by atoms with Gasteiger partial charge in [-0.05, 0) is 55.6 Å². The fourth-order valence-corrected chi connectivity index (χ4v) is 3.41. The number of aromatic nitrogens is 1. The highest BCUT2D eigenvalue weighted by Gasteiger charge is 2.28. The summed E-state index contributed by atoms with van der Waals surface area (Å²) in [6.07, 6.45) is 6.82. The quantitative estimate of drug-likeness (QED) is 0.812. The third kappa shape index (κ3) is 3.04. The lowest BCUT2D eigenvalue weighted by atomic mass is 10.2. The van der Waals surface area contributed by atoms with Gasteiger partial charge in [0.2, 0.25) is 0 Å². The maximum Gasteiger partial charge on any atom is 0.270 e. The molecule has 0 atom stereocenters. The van der Waals surface area contributed by atoms with E-state index in [1.165, 1.54) is 12.8 Å². The molecule has 1 aromatic rings. The van der Waals surface area contributed by atoms with Crippen LogP contribution in [-0.2, 0) is 0 Å². The van der Waals surface area contributed by atoms with Crippen LogP contribution < -0.4 is 0 Å². The summed E-state index contributed by atoms with van der Waals surface area (Å²) in [5.74, 6) is 0.175. The minimum absolute atomic E-state index is 0.175. The minimum atomic E-state index is 0.175. The molecule has 2 rings (SSSR count). The highest BCUT2D eigenvalue weighted by molar-refractivity contribution is 9.10. The Morgan fingerprint density at radius 2 is 2.11 bits per heavy atom. The van der Waals surface area contributed by atoms with E-state index in [4.69, 9.17) is 0 Å². The third-order valence-corrected chi connectivity index (χ3v) is 4.39. The molecule has 3 nitrogen and oxygen atoms in total. The Kier molecular flexibility index (Phi) is 4.71.